The Morgan fingerprint density at radius 3 is 2.22 bits per heavy atom. The standard InChI is InChI=1S/C15H20N4O4/c1-14(2,3)22-12(20)18-11-17-8-10(7-16)9-19(11)13(21)23-15(4,5)6/h8-9H,1-6H3. The van der Waals surface area contributed by atoms with Crippen molar-refractivity contribution in [2.45, 2.75) is 52.7 Å². The van der Waals surface area contributed by atoms with Gasteiger partial charge in [-0.2, -0.15) is 5.26 Å². The number of nitrogens with zero attached hydrogens (tertiary/aromatic N) is 4. The summed E-state index contributed by atoms with van der Waals surface area (Å²) in [6.45, 7) is 10.1. The summed E-state index contributed by atoms with van der Waals surface area (Å²) in [4.78, 5) is 31.5. The summed E-state index contributed by atoms with van der Waals surface area (Å²) in [6.07, 6.45) is 0.699. The molecule has 23 heavy (non-hydrogen) atoms. The molecule has 0 aliphatic rings. The third-order valence-corrected chi connectivity index (χ3v) is 2.11. The third-order valence-electron chi connectivity index (χ3n) is 2.11. The molecule has 8 heteroatoms. The predicted octanol–water partition coefficient (Wildman–Crippen LogP) is 2.37. The summed E-state index contributed by atoms with van der Waals surface area (Å²) in [5.41, 5.74) is -1.59. The van der Waals surface area contributed by atoms with Crippen molar-refractivity contribution in [2.75, 3.05) is 0 Å². The molecule has 1 heterocycles. The molecule has 0 aliphatic heterocycles. The molecule has 0 aliphatic carbocycles. The summed E-state index contributed by atoms with van der Waals surface area (Å²) in [7, 11) is 0. The molecule has 1 aromatic rings. The van der Waals surface area contributed by atoms with Gasteiger partial charge in [-0.25, -0.2) is 19.1 Å². The lowest BCUT2D eigenvalue weighted by Crippen LogP contribution is -2.36. The second-order valence-corrected chi connectivity index (χ2v) is 6.70. The fourth-order valence-electron chi connectivity index (χ4n) is 1.37. The average molecular weight is 320 g/mol. The topological polar surface area (TPSA) is 107 Å². The first kappa shape index (κ1) is 18.4. The van der Waals surface area contributed by atoms with Crippen LogP contribution in [-0.4, -0.2) is 32.9 Å². The molecule has 0 fully saturated rings. The summed E-state index contributed by atoms with van der Waals surface area (Å²) in [5, 5.41) is 8.92. The van der Waals surface area contributed by atoms with Crippen molar-refractivity contribution in [1.29, 1.82) is 5.26 Å². The van der Waals surface area contributed by atoms with Crippen LogP contribution in [0, 0.1) is 11.3 Å². The van der Waals surface area contributed by atoms with Crippen LogP contribution in [0.5, 0.6) is 0 Å². The minimum Gasteiger partial charge on any atom is -0.443 e. The predicted molar refractivity (Wildman–Crippen MR) is 80.4 cm³/mol. The van der Waals surface area contributed by atoms with Gasteiger partial charge in [0.05, 0.1) is 11.8 Å². The molecule has 124 valence electrons. The summed E-state index contributed by atoms with van der Waals surface area (Å²) < 4.78 is 11.2. The van der Waals surface area contributed by atoms with Crippen molar-refractivity contribution in [2.24, 2.45) is 4.99 Å². The number of carbonyl (C=O) groups excluding carboxylic acids is 2. The third kappa shape index (κ3) is 6.30. The van der Waals surface area contributed by atoms with E-state index in [9.17, 15) is 9.59 Å². The molecule has 0 unspecified atom stereocenters. The van der Waals surface area contributed by atoms with Crippen LogP contribution in [0.2, 0.25) is 0 Å². The fourth-order valence-corrected chi connectivity index (χ4v) is 1.37. The van der Waals surface area contributed by atoms with Gasteiger partial charge in [0, 0.05) is 6.20 Å². The molecule has 0 saturated heterocycles. The van der Waals surface area contributed by atoms with E-state index >= 15 is 0 Å². The second-order valence-electron chi connectivity index (χ2n) is 6.70. The fraction of sp³-hybridized carbons (Fsp3) is 0.533. The maximum absolute atomic E-state index is 12.2. The molecule has 8 nitrogen and oxygen atoms in total. The van der Waals surface area contributed by atoms with Gasteiger partial charge in [-0.3, -0.25) is 0 Å². The number of ether oxygens (including phenoxy) is 2. The van der Waals surface area contributed by atoms with Crippen LogP contribution in [0.3, 0.4) is 0 Å². The molecule has 0 N–H and O–H groups in total. The lowest BCUT2D eigenvalue weighted by atomic mass is 10.2. The first-order valence-electron chi connectivity index (χ1n) is 6.91. The van der Waals surface area contributed by atoms with E-state index in [1.54, 1.807) is 41.5 Å². The molecule has 0 atom stereocenters. The van der Waals surface area contributed by atoms with E-state index < -0.39 is 23.4 Å². The zero-order valence-electron chi connectivity index (χ0n) is 14.1. The average Bonchev–Trinajstić information content (AvgIpc) is 2.34. The van der Waals surface area contributed by atoms with E-state index in [1.807, 2.05) is 6.07 Å². The Hall–Kier alpha value is -2.69. The van der Waals surface area contributed by atoms with Crippen molar-refractivity contribution in [1.82, 2.24) is 9.55 Å². The van der Waals surface area contributed by atoms with Crippen molar-refractivity contribution >= 4 is 12.2 Å². The molecule has 0 radical (unpaired) electrons. The maximum atomic E-state index is 12.2. The maximum Gasteiger partial charge on any atom is 0.437 e. The highest BCUT2D eigenvalue weighted by molar-refractivity contribution is 5.72. The molecule has 0 aromatic carbocycles. The highest BCUT2D eigenvalue weighted by atomic mass is 16.6. The Bertz CT molecular complexity index is 715. The first-order chi connectivity index (χ1) is 10.4. The zero-order valence-corrected chi connectivity index (χ0v) is 14.1. The Morgan fingerprint density at radius 1 is 1.17 bits per heavy atom. The monoisotopic (exact) mass is 320 g/mol. The molecule has 1 rings (SSSR count). The van der Waals surface area contributed by atoms with Crippen LogP contribution >= 0.6 is 0 Å². The highest BCUT2D eigenvalue weighted by Gasteiger charge is 2.20. The van der Waals surface area contributed by atoms with Crippen molar-refractivity contribution in [3.8, 4) is 6.07 Å². The van der Waals surface area contributed by atoms with Gasteiger partial charge < -0.3 is 9.47 Å². The van der Waals surface area contributed by atoms with Gasteiger partial charge in [0.15, 0.2) is 0 Å². The van der Waals surface area contributed by atoms with Crippen LogP contribution in [0.4, 0.5) is 9.59 Å². The summed E-state index contributed by atoms with van der Waals surface area (Å²) in [5.74, 6) is 0. The van der Waals surface area contributed by atoms with Gasteiger partial charge in [-0.15, -0.1) is 4.99 Å². The Labute approximate surface area is 134 Å². The first-order valence-corrected chi connectivity index (χ1v) is 6.91. The normalized spacial score (nSPS) is 12.5. The number of rotatable bonds is 0. The van der Waals surface area contributed by atoms with Crippen LogP contribution in [0.25, 0.3) is 0 Å². The van der Waals surface area contributed by atoms with Gasteiger partial charge in [0.2, 0.25) is 5.62 Å². The van der Waals surface area contributed by atoms with E-state index in [0.29, 0.717) is 0 Å². The molecular formula is C15H20N4O4. The Balaban J connectivity index is 3.30. The van der Waals surface area contributed by atoms with Crippen molar-refractivity contribution < 1.29 is 19.1 Å². The largest absolute Gasteiger partial charge is 0.443 e. The minimum atomic E-state index is -0.896. The Morgan fingerprint density at radius 2 is 1.74 bits per heavy atom. The van der Waals surface area contributed by atoms with Gasteiger partial charge >= 0.3 is 12.2 Å². The van der Waals surface area contributed by atoms with E-state index in [4.69, 9.17) is 14.7 Å². The number of hydrogen-bond donors (Lipinski definition) is 0. The second kappa shape index (κ2) is 6.60. The highest BCUT2D eigenvalue weighted by Crippen LogP contribution is 2.09. The molecule has 0 spiro atoms. The summed E-state index contributed by atoms with van der Waals surface area (Å²) >= 11 is 0. The van der Waals surface area contributed by atoms with Gasteiger partial charge in [0.1, 0.15) is 17.3 Å². The van der Waals surface area contributed by atoms with Gasteiger partial charge in [-0.05, 0) is 41.5 Å². The SMILES string of the molecule is CC(C)(C)OC(=O)N=c1ncc(C#N)cn1C(=O)OC(C)(C)C. The van der Waals surface area contributed by atoms with Crippen molar-refractivity contribution in [3.05, 3.63) is 23.6 Å². The zero-order chi connectivity index (χ0) is 17.8. The smallest absolute Gasteiger partial charge is 0.437 e. The Kier molecular flexibility index (Phi) is 5.27. The number of aromatic nitrogens is 2. The molecule has 0 saturated carbocycles. The van der Waals surface area contributed by atoms with Gasteiger partial charge in [0.25, 0.3) is 0 Å². The number of amides is 1. The molecular weight excluding hydrogens is 300 g/mol. The van der Waals surface area contributed by atoms with Crippen molar-refractivity contribution in [3.63, 3.8) is 0 Å². The molecule has 0 bridgehead atoms. The van der Waals surface area contributed by atoms with E-state index in [-0.39, 0.29) is 11.2 Å². The van der Waals surface area contributed by atoms with E-state index in [2.05, 4.69) is 9.98 Å². The molecule has 1 amide bonds. The quantitative estimate of drug-likeness (QED) is 0.726. The van der Waals surface area contributed by atoms with E-state index in [0.717, 1.165) is 4.57 Å². The number of hydrogen-bond acceptors (Lipinski definition) is 6. The van der Waals surface area contributed by atoms with E-state index in [1.165, 1.54) is 12.4 Å². The van der Waals surface area contributed by atoms with Crippen LogP contribution < -0.4 is 5.62 Å². The van der Waals surface area contributed by atoms with Crippen LogP contribution in [0.15, 0.2) is 17.4 Å². The molecule has 1 aromatic heterocycles. The van der Waals surface area contributed by atoms with Gasteiger partial charge in [-0.1, -0.05) is 0 Å². The summed E-state index contributed by atoms with van der Waals surface area (Å²) in [6, 6.07) is 1.85. The van der Waals surface area contributed by atoms with Crippen LogP contribution in [-0.2, 0) is 9.47 Å². The number of nitriles is 1. The van der Waals surface area contributed by atoms with Crippen LogP contribution in [0.1, 0.15) is 47.1 Å². The lowest BCUT2D eigenvalue weighted by Gasteiger charge is -2.20. The number of carbonyl (C=O) groups is 2. The minimum absolute atomic E-state index is 0.124. The lowest BCUT2D eigenvalue weighted by molar-refractivity contribution is 0.0523.